The Morgan fingerprint density at radius 1 is 0.875 bits per heavy atom. The first-order valence-corrected chi connectivity index (χ1v) is 10.5. The summed E-state index contributed by atoms with van der Waals surface area (Å²) in [5.74, 6) is -0.436. The van der Waals surface area contributed by atoms with Crippen LogP contribution in [0.25, 0.3) is 16.9 Å². The molecule has 0 saturated carbocycles. The predicted octanol–water partition coefficient (Wildman–Crippen LogP) is 5.39. The molecule has 2 heterocycles. The van der Waals surface area contributed by atoms with Gasteiger partial charge in [-0.2, -0.15) is 0 Å². The molecular formula is C27H25N3O2. The summed E-state index contributed by atoms with van der Waals surface area (Å²) in [5.41, 5.74) is 6.27. The first kappa shape index (κ1) is 21.2. The fourth-order valence-electron chi connectivity index (χ4n) is 4.04. The van der Waals surface area contributed by atoms with Crippen LogP contribution >= 0.6 is 0 Å². The van der Waals surface area contributed by atoms with E-state index in [1.807, 2.05) is 80.8 Å². The molecule has 2 aromatic carbocycles. The Hall–Kier alpha value is -3.99. The number of aryl methyl sites for hydroxylation is 4. The van der Waals surface area contributed by atoms with Crippen molar-refractivity contribution < 1.29 is 4.79 Å². The van der Waals surface area contributed by atoms with Crippen molar-refractivity contribution >= 4 is 11.6 Å². The summed E-state index contributed by atoms with van der Waals surface area (Å²) < 4.78 is 1.97. The summed E-state index contributed by atoms with van der Waals surface area (Å²) in [4.78, 5) is 31.0. The number of anilines is 1. The summed E-state index contributed by atoms with van der Waals surface area (Å²) in [7, 11) is 0. The summed E-state index contributed by atoms with van der Waals surface area (Å²) >= 11 is 0. The largest absolute Gasteiger partial charge is 0.321 e. The van der Waals surface area contributed by atoms with Crippen molar-refractivity contribution in [1.29, 1.82) is 0 Å². The molecule has 0 spiro atoms. The zero-order valence-corrected chi connectivity index (χ0v) is 18.6. The van der Waals surface area contributed by atoms with Gasteiger partial charge < -0.3 is 9.88 Å². The van der Waals surface area contributed by atoms with Crippen LogP contribution in [-0.2, 0) is 0 Å². The molecule has 0 bridgehead atoms. The Labute approximate surface area is 187 Å². The predicted molar refractivity (Wildman–Crippen MR) is 129 cm³/mol. The highest BCUT2D eigenvalue weighted by atomic mass is 16.2. The number of nitrogens with one attached hydrogen (secondary N) is 1. The molecule has 0 aliphatic carbocycles. The van der Waals surface area contributed by atoms with E-state index in [1.54, 1.807) is 18.5 Å². The maximum Gasteiger partial charge on any atom is 0.261 e. The summed E-state index contributed by atoms with van der Waals surface area (Å²) in [6, 6.07) is 18.9. The zero-order chi connectivity index (χ0) is 22.8. The minimum atomic E-state index is -0.436. The number of para-hydroxylation sites is 2. The average molecular weight is 424 g/mol. The molecule has 5 heteroatoms. The Kier molecular flexibility index (Phi) is 5.73. The number of hydrogen-bond acceptors (Lipinski definition) is 3. The number of pyridine rings is 2. The van der Waals surface area contributed by atoms with Gasteiger partial charge in [0, 0.05) is 41.1 Å². The first-order valence-electron chi connectivity index (χ1n) is 10.5. The summed E-state index contributed by atoms with van der Waals surface area (Å²) in [6.07, 6.45) is 3.35. The number of amides is 1. The molecule has 0 aliphatic rings. The molecule has 1 N–H and O–H groups in total. The third kappa shape index (κ3) is 3.85. The van der Waals surface area contributed by atoms with E-state index in [0.717, 1.165) is 33.8 Å². The maximum atomic E-state index is 13.6. The number of hydrogen-bond donors (Lipinski definition) is 1. The highest BCUT2D eigenvalue weighted by Gasteiger charge is 2.24. The van der Waals surface area contributed by atoms with E-state index in [1.165, 1.54) is 6.07 Å². The fraction of sp³-hybridized carbons (Fsp3) is 0.148. The van der Waals surface area contributed by atoms with Crippen LogP contribution in [0.1, 0.15) is 32.7 Å². The maximum absolute atomic E-state index is 13.6. The van der Waals surface area contributed by atoms with Gasteiger partial charge in [-0.1, -0.05) is 36.4 Å². The molecule has 2 aromatic heterocycles. The van der Waals surface area contributed by atoms with Crippen LogP contribution in [0.2, 0.25) is 0 Å². The Bertz CT molecular complexity index is 1350. The van der Waals surface area contributed by atoms with Gasteiger partial charge in [0.1, 0.15) is 5.56 Å². The van der Waals surface area contributed by atoms with Crippen LogP contribution in [0.15, 0.2) is 77.9 Å². The van der Waals surface area contributed by atoms with Gasteiger partial charge in [0.2, 0.25) is 0 Å². The molecule has 0 atom stereocenters. The lowest BCUT2D eigenvalue weighted by Crippen LogP contribution is -2.27. The van der Waals surface area contributed by atoms with Gasteiger partial charge in [-0.05, 0) is 62.6 Å². The average Bonchev–Trinajstić information content (AvgIpc) is 2.77. The van der Waals surface area contributed by atoms with E-state index >= 15 is 0 Å². The number of carbonyl (C=O) groups excluding carboxylic acids is 1. The highest BCUT2D eigenvalue weighted by Crippen LogP contribution is 2.29. The third-order valence-corrected chi connectivity index (χ3v) is 5.64. The van der Waals surface area contributed by atoms with E-state index in [2.05, 4.69) is 10.3 Å². The van der Waals surface area contributed by atoms with E-state index in [-0.39, 0.29) is 11.0 Å². The third-order valence-electron chi connectivity index (χ3n) is 5.64. The molecule has 0 saturated heterocycles. The number of aromatic nitrogens is 2. The molecule has 0 unspecified atom stereocenters. The van der Waals surface area contributed by atoms with Crippen molar-refractivity contribution in [3.8, 4) is 16.9 Å². The molecule has 32 heavy (non-hydrogen) atoms. The van der Waals surface area contributed by atoms with Crippen LogP contribution in [0.4, 0.5) is 5.69 Å². The smallest absolute Gasteiger partial charge is 0.261 e. The number of rotatable bonds is 4. The topological polar surface area (TPSA) is 64.0 Å². The Morgan fingerprint density at radius 2 is 1.56 bits per heavy atom. The van der Waals surface area contributed by atoms with Crippen molar-refractivity contribution in [1.82, 2.24) is 9.55 Å². The molecule has 1 amide bonds. The van der Waals surface area contributed by atoms with Crippen molar-refractivity contribution in [3.63, 3.8) is 0 Å². The lowest BCUT2D eigenvalue weighted by atomic mass is 10.0. The quantitative estimate of drug-likeness (QED) is 0.479. The van der Waals surface area contributed by atoms with Crippen molar-refractivity contribution in [2.24, 2.45) is 0 Å². The van der Waals surface area contributed by atoms with Crippen LogP contribution in [-0.4, -0.2) is 15.5 Å². The van der Waals surface area contributed by atoms with Gasteiger partial charge in [0.15, 0.2) is 5.43 Å². The molecular weight excluding hydrogens is 398 g/mol. The second kappa shape index (κ2) is 8.63. The standard InChI is InChI=1S/C27H25N3O2/c1-17-9-5-6-13-22(17)30-20(4)15-23(31)24(26(30)21-12-8-14-28-16-21)27(32)29-25-18(2)10-7-11-19(25)3/h5-16H,1-4H3,(H,29,32). The monoisotopic (exact) mass is 423 g/mol. The van der Waals surface area contributed by atoms with Crippen molar-refractivity contribution in [2.45, 2.75) is 27.7 Å². The van der Waals surface area contributed by atoms with Gasteiger partial charge in [0.25, 0.3) is 5.91 Å². The summed E-state index contributed by atoms with van der Waals surface area (Å²) in [6.45, 7) is 7.76. The normalized spacial score (nSPS) is 10.8. The van der Waals surface area contributed by atoms with Crippen molar-refractivity contribution in [3.05, 3.63) is 111 Å². The Morgan fingerprint density at radius 3 is 2.22 bits per heavy atom. The second-order valence-electron chi connectivity index (χ2n) is 7.96. The lowest BCUT2D eigenvalue weighted by molar-refractivity contribution is 0.102. The summed E-state index contributed by atoms with van der Waals surface area (Å²) in [5, 5.41) is 2.99. The van der Waals surface area contributed by atoms with Gasteiger partial charge in [-0.25, -0.2) is 0 Å². The van der Waals surface area contributed by atoms with Gasteiger partial charge in [0.05, 0.1) is 5.69 Å². The van der Waals surface area contributed by atoms with Gasteiger partial charge in [-0.15, -0.1) is 0 Å². The van der Waals surface area contributed by atoms with Crippen molar-refractivity contribution in [2.75, 3.05) is 5.32 Å². The van der Waals surface area contributed by atoms with Crippen LogP contribution < -0.4 is 10.7 Å². The molecule has 160 valence electrons. The first-order chi connectivity index (χ1) is 15.4. The number of nitrogens with zero attached hydrogens (tertiary/aromatic N) is 2. The molecule has 4 rings (SSSR count). The molecule has 4 aromatic rings. The van der Waals surface area contributed by atoms with Crippen LogP contribution in [0.5, 0.6) is 0 Å². The minimum absolute atomic E-state index is 0.0921. The SMILES string of the molecule is Cc1ccccc1-n1c(C)cc(=O)c(C(=O)Nc2c(C)cccc2C)c1-c1cccnc1. The Balaban J connectivity index is 2.01. The van der Waals surface area contributed by atoms with E-state index in [9.17, 15) is 9.59 Å². The molecule has 0 radical (unpaired) electrons. The second-order valence-corrected chi connectivity index (χ2v) is 7.96. The fourth-order valence-corrected chi connectivity index (χ4v) is 4.04. The molecule has 0 fully saturated rings. The van der Waals surface area contributed by atoms with E-state index < -0.39 is 5.91 Å². The van der Waals surface area contributed by atoms with Crippen LogP contribution in [0.3, 0.4) is 0 Å². The van der Waals surface area contributed by atoms with E-state index in [4.69, 9.17) is 0 Å². The minimum Gasteiger partial charge on any atom is -0.321 e. The highest BCUT2D eigenvalue weighted by molar-refractivity contribution is 6.09. The molecule has 5 nitrogen and oxygen atoms in total. The number of carbonyl (C=O) groups is 1. The molecule has 0 aliphatic heterocycles. The lowest BCUT2D eigenvalue weighted by Gasteiger charge is -2.22. The number of benzene rings is 2. The van der Waals surface area contributed by atoms with Gasteiger partial charge in [-0.3, -0.25) is 14.6 Å². The van der Waals surface area contributed by atoms with Gasteiger partial charge >= 0.3 is 0 Å². The van der Waals surface area contributed by atoms with E-state index in [0.29, 0.717) is 11.3 Å². The van der Waals surface area contributed by atoms with Crippen LogP contribution in [0, 0.1) is 27.7 Å². The zero-order valence-electron chi connectivity index (χ0n) is 18.6.